The van der Waals surface area contributed by atoms with E-state index in [1.165, 1.54) is 25.9 Å². The van der Waals surface area contributed by atoms with Crippen molar-refractivity contribution >= 4 is 17.9 Å². The van der Waals surface area contributed by atoms with Crippen LogP contribution < -0.4 is 5.32 Å². The van der Waals surface area contributed by atoms with Gasteiger partial charge in [-0.2, -0.15) is 0 Å². The van der Waals surface area contributed by atoms with Crippen LogP contribution in [0.25, 0.3) is 0 Å². The molecule has 3 amide bonds. The molecule has 0 heterocycles. The molecule has 2 N–H and O–H groups in total. The molecule has 0 unspecified atom stereocenters. The Labute approximate surface area is 119 Å². The quantitative estimate of drug-likeness (QED) is 0.731. The summed E-state index contributed by atoms with van der Waals surface area (Å²) in [6.07, 6.45) is -0.260. The van der Waals surface area contributed by atoms with E-state index in [1.807, 2.05) is 13.8 Å². The van der Waals surface area contributed by atoms with Gasteiger partial charge in [-0.15, -0.1) is 0 Å². The van der Waals surface area contributed by atoms with E-state index in [0.717, 1.165) is 0 Å². The summed E-state index contributed by atoms with van der Waals surface area (Å²) in [7, 11) is 1.52. The summed E-state index contributed by atoms with van der Waals surface area (Å²) in [5, 5.41) is 11.2. The lowest BCUT2D eigenvalue weighted by atomic mass is 9.89. The first-order valence-electron chi connectivity index (χ1n) is 6.44. The van der Waals surface area contributed by atoms with E-state index in [0.29, 0.717) is 13.2 Å². The van der Waals surface area contributed by atoms with Gasteiger partial charge in [-0.25, -0.2) is 4.79 Å². The van der Waals surface area contributed by atoms with Crippen molar-refractivity contribution in [1.82, 2.24) is 10.2 Å². The van der Waals surface area contributed by atoms with Crippen molar-refractivity contribution in [3.63, 3.8) is 0 Å². The molecule has 116 valence electrons. The molecular formula is C13H24N2O5. The second kappa shape index (κ2) is 7.84. The van der Waals surface area contributed by atoms with Gasteiger partial charge in [0.1, 0.15) is 0 Å². The van der Waals surface area contributed by atoms with Gasteiger partial charge in [0.25, 0.3) is 0 Å². The summed E-state index contributed by atoms with van der Waals surface area (Å²) in [5.41, 5.74) is -1.21. The number of carbonyl (C=O) groups is 3. The number of ether oxygens (including phenoxy) is 1. The number of aliphatic carboxylic acids is 1. The first kappa shape index (κ1) is 18.4. The van der Waals surface area contributed by atoms with Crippen LogP contribution in [0.4, 0.5) is 4.79 Å². The minimum absolute atomic E-state index is 0.0922. The van der Waals surface area contributed by atoms with Crippen LogP contribution in [0, 0.1) is 5.41 Å². The molecule has 0 aromatic carbocycles. The third-order valence-electron chi connectivity index (χ3n) is 2.85. The van der Waals surface area contributed by atoms with Crippen LogP contribution in [0.5, 0.6) is 0 Å². The molecule has 0 aliphatic rings. The monoisotopic (exact) mass is 288 g/mol. The van der Waals surface area contributed by atoms with Crippen molar-refractivity contribution in [2.24, 2.45) is 5.41 Å². The molecular weight excluding hydrogens is 264 g/mol. The van der Waals surface area contributed by atoms with E-state index in [-0.39, 0.29) is 12.5 Å². The topological polar surface area (TPSA) is 95.9 Å². The Kier molecular flexibility index (Phi) is 7.20. The fourth-order valence-corrected chi connectivity index (χ4v) is 1.50. The first-order chi connectivity index (χ1) is 9.11. The van der Waals surface area contributed by atoms with E-state index in [1.54, 1.807) is 0 Å². The predicted molar refractivity (Wildman–Crippen MR) is 73.3 cm³/mol. The minimum atomic E-state index is -1.21. The fourth-order valence-electron chi connectivity index (χ4n) is 1.50. The van der Waals surface area contributed by atoms with Gasteiger partial charge in [0.2, 0.25) is 5.91 Å². The average molecular weight is 288 g/mol. The molecule has 0 aromatic heterocycles. The lowest BCUT2D eigenvalue weighted by Crippen LogP contribution is -2.48. The number of carboxylic acid groups (broad SMARTS) is 1. The second-order valence-electron chi connectivity index (χ2n) is 5.50. The molecule has 7 nitrogen and oxygen atoms in total. The van der Waals surface area contributed by atoms with Crippen molar-refractivity contribution < 1.29 is 24.2 Å². The first-order valence-corrected chi connectivity index (χ1v) is 6.44. The highest BCUT2D eigenvalue weighted by Crippen LogP contribution is 2.20. The van der Waals surface area contributed by atoms with Crippen LogP contribution in [-0.4, -0.2) is 54.2 Å². The third-order valence-corrected chi connectivity index (χ3v) is 2.85. The number of methoxy groups -OCH3 is 1. The fraction of sp³-hybridized carbons (Fsp3) is 0.769. The van der Waals surface area contributed by atoms with Crippen LogP contribution in [0.1, 0.15) is 34.1 Å². The molecule has 0 aliphatic heterocycles. The van der Waals surface area contributed by atoms with Crippen molar-refractivity contribution in [2.45, 2.75) is 40.2 Å². The van der Waals surface area contributed by atoms with Crippen molar-refractivity contribution in [2.75, 3.05) is 20.3 Å². The largest absolute Gasteiger partial charge is 0.481 e. The summed E-state index contributed by atoms with van der Waals surface area (Å²) in [4.78, 5) is 36.1. The Hall–Kier alpha value is -1.63. The number of urea groups is 1. The zero-order valence-corrected chi connectivity index (χ0v) is 12.7. The second-order valence-corrected chi connectivity index (χ2v) is 5.50. The molecule has 0 fully saturated rings. The summed E-state index contributed by atoms with van der Waals surface area (Å²) < 4.78 is 4.91. The number of carbonyl (C=O) groups excluding carboxylic acids is 2. The van der Waals surface area contributed by atoms with E-state index in [4.69, 9.17) is 9.84 Å². The Bertz CT molecular complexity index is 366. The Morgan fingerprint density at radius 1 is 1.30 bits per heavy atom. The van der Waals surface area contributed by atoms with Crippen molar-refractivity contribution in [3.05, 3.63) is 0 Å². The van der Waals surface area contributed by atoms with Gasteiger partial charge in [0.15, 0.2) is 0 Å². The number of hydrogen-bond acceptors (Lipinski definition) is 4. The average Bonchev–Trinajstić information content (AvgIpc) is 2.27. The number of nitrogens with zero attached hydrogens (tertiary/aromatic N) is 1. The maximum Gasteiger partial charge on any atom is 0.324 e. The zero-order chi connectivity index (χ0) is 15.9. The molecule has 0 saturated heterocycles. The van der Waals surface area contributed by atoms with Gasteiger partial charge in [0, 0.05) is 26.1 Å². The van der Waals surface area contributed by atoms with Gasteiger partial charge in [0.05, 0.1) is 12.0 Å². The summed E-state index contributed by atoms with van der Waals surface area (Å²) >= 11 is 0. The third kappa shape index (κ3) is 6.01. The number of hydrogen-bond donors (Lipinski definition) is 2. The predicted octanol–water partition coefficient (Wildman–Crippen LogP) is 1.08. The highest BCUT2D eigenvalue weighted by atomic mass is 16.5. The minimum Gasteiger partial charge on any atom is -0.481 e. The number of nitrogens with one attached hydrogen (secondary N) is 1. The van der Waals surface area contributed by atoms with Gasteiger partial charge >= 0.3 is 12.0 Å². The van der Waals surface area contributed by atoms with Gasteiger partial charge in [-0.3, -0.25) is 14.9 Å². The molecule has 0 spiro atoms. The molecule has 7 heteroatoms. The molecule has 0 aromatic rings. The van der Waals surface area contributed by atoms with Crippen LogP contribution in [0.3, 0.4) is 0 Å². The smallest absolute Gasteiger partial charge is 0.324 e. The van der Waals surface area contributed by atoms with E-state index in [2.05, 4.69) is 5.32 Å². The van der Waals surface area contributed by atoms with Gasteiger partial charge < -0.3 is 14.7 Å². The number of amides is 3. The summed E-state index contributed by atoms with van der Waals surface area (Å²) in [6.45, 7) is 7.23. The highest BCUT2D eigenvalue weighted by Gasteiger charge is 2.31. The lowest BCUT2D eigenvalue weighted by Gasteiger charge is -2.27. The molecule has 0 rings (SSSR count). The van der Waals surface area contributed by atoms with Crippen LogP contribution in [-0.2, 0) is 14.3 Å². The number of rotatable bonds is 7. The van der Waals surface area contributed by atoms with Crippen molar-refractivity contribution in [1.29, 1.82) is 0 Å². The SMILES string of the molecule is COCCN(C(=O)NC(=O)CC(C)(C)C(=O)O)C(C)C. The Morgan fingerprint density at radius 3 is 2.25 bits per heavy atom. The lowest BCUT2D eigenvalue weighted by molar-refractivity contribution is -0.149. The maximum atomic E-state index is 11.9. The molecule has 0 atom stereocenters. The zero-order valence-electron chi connectivity index (χ0n) is 12.7. The number of imide groups is 1. The Morgan fingerprint density at radius 2 is 1.85 bits per heavy atom. The maximum absolute atomic E-state index is 11.9. The van der Waals surface area contributed by atoms with Crippen LogP contribution in [0.15, 0.2) is 0 Å². The number of carboxylic acids is 1. The highest BCUT2D eigenvalue weighted by molar-refractivity contribution is 5.96. The summed E-state index contributed by atoms with van der Waals surface area (Å²) in [6, 6.07) is -0.631. The van der Waals surface area contributed by atoms with Crippen LogP contribution >= 0.6 is 0 Å². The molecule has 0 bridgehead atoms. The van der Waals surface area contributed by atoms with Gasteiger partial charge in [-0.05, 0) is 27.7 Å². The molecule has 20 heavy (non-hydrogen) atoms. The normalized spacial score (nSPS) is 11.3. The van der Waals surface area contributed by atoms with E-state index >= 15 is 0 Å². The van der Waals surface area contributed by atoms with Gasteiger partial charge in [-0.1, -0.05) is 0 Å². The molecule has 0 aliphatic carbocycles. The molecule has 0 saturated carbocycles. The Balaban J connectivity index is 4.56. The molecule has 0 radical (unpaired) electrons. The van der Waals surface area contributed by atoms with Crippen molar-refractivity contribution in [3.8, 4) is 0 Å². The van der Waals surface area contributed by atoms with Crippen LogP contribution in [0.2, 0.25) is 0 Å². The van der Waals surface area contributed by atoms with E-state index < -0.39 is 23.3 Å². The van der Waals surface area contributed by atoms with E-state index in [9.17, 15) is 14.4 Å². The standard InChI is InChI=1S/C13H24N2O5/c1-9(2)15(6-7-20-5)12(19)14-10(16)8-13(3,4)11(17)18/h9H,6-8H2,1-5H3,(H,17,18)(H,14,16,19). The summed E-state index contributed by atoms with van der Waals surface area (Å²) in [5.74, 6) is -1.69.